The molecule has 0 aliphatic heterocycles. The molecule has 0 radical (unpaired) electrons. The molecule has 102 valence electrons. The van der Waals surface area contributed by atoms with Gasteiger partial charge in [-0.25, -0.2) is 0 Å². The Morgan fingerprint density at radius 1 is 1.24 bits per heavy atom. The van der Waals surface area contributed by atoms with Gasteiger partial charge < -0.3 is 5.32 Å². The van der Waals surface area contributed by atoms with E-state index >= 15 is 0 Å². The Kier molecular flexibility index (Phi) is 6.94. The maximum absolute atomic E-state index is 3.90. The van der Waals surface area contributed by atoms with Gasteiger partial charge in [-0.3, -0.25) is 0 Å². The van der Waals surface area contributed by atoms with Crippen molar-refractivity contribution in [2.45, 2.75) is 65.5 Å². The van der Waals surface area contributed by atoms with Crippen LogP contribution in [0.5, 0.6) is 0 Å². The topological polar surface area (TPSA) is 12.0 Å². The van der Waals surface area contributed by atoms with E-state index in [1.54, 1.807) is 0 Å². The zero-order valence-electron chi connectivity index (χ0n) is 12.3. The Morgan fingerprint density at radius 3 is 2.53 bits per heavy atom. The van der Waals surface area contributed by atoms with Gasteiger partial charge in [0.2, 0.25) is 0 Å². The lowest BCUT2D eigenvalue weighted by atomic mass is 9.74. The number of thioether (sulfide) groups is 1. The van der Waals surface area contributed by atoms with Crippen LogP contribution in [0.1, 0.15) is 53.4 Å². The van der Waals surface area contributed by atoms with Gasteiger partial charge in [-0.15, -0.1) is 0 Å². The van der Waals surface area contributed by atoms with Crippen LogP contribution in [0, 0.1) is 17.8 Å². The molecule has 0 bridgehead atoms. The monoisotopic (exact) mass is 257 g/mol. The quantitative estimate of drug-likeness (QED) is 0.766. The maximum Gasteiger partial charge on any atom is 0.0103 e. The molecule has 0 aromatic carbocycles. The molecule has 1 N–H and O–H groups in total. The number of rotatable bonds is 6. The third-order valence-electron chi connectivity index (χ3n) is 4.28. The van der Waals surface area contributed by atoms with E-state index in [2.05, 4.69) is 39.3 Å². The first kappa shape index (κ1) is 15.4. The lowest BCUT2D eigenvalue weighted by molar-refractivity contribution is 0.160. The molecule has 1 rings (SSSR count). The van der Waals surface area contributed by atoms with Crippen molar-refractivity contribution < 1.29 is 0 Å². The summed E-state index contributed by atoms with van der Waals surface area (Å²) in [5.74, 6) is 3.91. The van der Waals surface area contributed by atoms with Gasteiger partial charge in [0.1, 0.15) is 0 Å². The van der Waals surface area contributed by atoms with E-state index in [1.165, 1.54) is 31.4 Å². The van der Waals surface area contributed by atoms with Crippen LogP contribution in [-0.4, -0.2) is 24.1 Å². The molecule has 17 heavy (non-hydrogen) atoms. The predicted molar refractivity (Wildman–Crippen MR) is 80.7 cm³/mol. The average molecular weight is 257 g/mol. The smallest absolute Gasteiger partial charge is 0.0103 e. The average Bonchev–Trinajstić information content (AvgIpc) is 2.26. The van der Waals surface area contributed by atoms with Gasteiger partial charge in [0.25, 0.3) is 0 Å². The molecular weight excluding hydrogens is 226 g/mol. The molecular formula is C15H31NS. The molecule has 0 amide bonds. The van der Waals surface area contributed by atoms with Crippen molar-refractivity contribution in [3.63, 3.8) is 0 Å². The lowest BCUT2D eigenvalue weighted by Crippen LogP contribution is -2.46. The molecule has 1 nitrogen and oxygen atoms in total. The van der Waals surface area contributed by atoms with E-state index < -0.39 is 0 Å². The summed E-state index contributed by atoms with van der Waals surface area (Å²) in [6.07, 6.45) is 7.74. The summed E-state index contributed by atoms with van der Waals surface area (Å²) in [6.45, 7) is 9.55. The summed E-state index contributed by atoms with van der Waals surface area (Å²) in [4.78, 5) is 0. The molecule has 4 atom stereocenters. The van der Waals surface area contributed by atoms with E-state index in [4.69, 9.17) is 0 Å². The molecule has 4 unspecified atom stereocenters. The Labute approximate surface area is 113 Å². The van der Waals surface area contributed by atoms with Crippen LogP contribution in [-0.2, 0) is 0 Å². The zero-order valence-corrected chi connectivity index (χ0v) is 13.1. The second-order valence-corrected chi connectivity index (χ2v) is 7.27. The highest BCUT2D eigenvalue weighted by Crippen LogP contribution is 2.33. The van der Waals surface area contributed by atoms with E-state index in [-0.39, 0.29) is 0 Å². The van der Waals surface area contributed by atoms with Crippen LogP contribution in [0.4, 0.5) is 0 Å². The first-order valence-electron chi connectivity index (χ1n) is 7.29. The minimum atomic E-state index is 0.680. The number of hydrogen-bond donors (Lipinski definition) is 1. The normalized spacial score (nSPS) is 31.8. The molecule has 0 aromatic heterocycles. The summed E-state index contributed by atoms with van der Waals surface area (Å²) < 4.78 is 0. The van der Waals surface area contributed by atoms with Crippen molar-refractivity contribution in [1.29, 1.82) is 0 Å². The molecule has 1 saturated carbocycles. The summed E-state index contributed by atoms with van der Waals surface area (Å²) >= 11 is 1.96. The zero-order chi connectivity index (χ0) is 12.8. The van der Waals surface area contributed by atoms with Crippen molar-refractivity contribution >= 4 is 11.8 Å². The standard InChI is InChI=1S/C15H31NS/c1-11(2)14-7-6-12(3)10-15(14)16-13(4)8-9-17-5/h11-16H,6-10H2,1-5H3. The predicted octanol–water partition coefficient (Wildman–Crippen LogP) is 4.18. The van der Waals surface area contributed by atoms with E-state index in [1.807, 2.05) is 11.8 Å². The van der Waals surface area contributed by atoms with Gasteiger partial charge >= 0.3 is 0 Å². The van der Waals surface area contributed by atoms with Gasteiger partial charge in [0, 0.05) is 12.1 Å². The van der Waals surface area contributed by atoms with Crippen molar-refractivity contribution in [2.24, 2.45) is 17.8 Å². The maximum atomic E-state index is 3.90. The van der Waals surface area contributed by atoms with E-state index in [0.717, 1.165) is 23.8 Å². The fourth-order valence-corrected chi connectivity index (χ4v) is 3.73. The minimum absolute atomic E-state index is 0.680. The van der Waals surface area contributed by atoms with Crippen LogP contribution in [0.15, 0.2) is 0 Å². The fraction of sp³-hybridized carbons (Fsp3) is 1.00. The van der Waals surface area contributed by atoms with Crippen molar-refractivity contribution in [1.82, 2.24) is 5.32 Å². The molecule has 1 aliphatic carbocycles. The van der Waals surface area contributed by atoms with Gasteiger partial charge in [-0.05, 0) is 55.9 Å². The van der Waals surface area contributed by atoms with Gasteiger partial charge in [-0.2, -0.15) is 11.8 Å². The van der Waals surface area contributed by atoms with Crippen LogP contribution in [0.3, 0.4) is 0 Å². The minimum Gasteiger partial charge on any atom is -0.311 e. The molecule has 0 spiro atoms. The summed E-state index contributed by atoms with van der Waals surface area (Å²) in [6, 6.07) is 1.44. The van der Waals surface area contributed by atoms with Gasteiger partial charge in [0.05, 0.1) is 0 Å². The van der Waals surface area contributed by atoms with Crippen molar-refractivity contribution in [3.8, 4) is 0 Å². The van der Waals surface area contributed by atoms with Crippen LogP contribution in [0.2, 0.25) is 0 Å². The fourth-order valence-electron chi connectivity index (χ4n) is 3.14. The Morgan fingerprint density at radius 2 is 1.94 bits per heavy atom. The van der Waals surface area contributed by atoms with E-state index in [9.17, 15) is 0 Å². The third-order valence-corrected chi connectivity index (χ3v) is 4.92. The van der Waals surface area contributed by atoms with Crippen LogP contribution in [0.25, 0.3) is 0 Å². The highest BCUT2D eigenvalue weighted by atomic mass is 32.2. The van der Waals surface area contributed by atoms with Crippen LogP contribution >= 0.6 is 11.8 Å². The van der Waals surface area contributed by atoms with Crippen molar-refractivity contribution in [2.75, 3.05) is 12.0 Å². The first-order valence-corrected chi connectivity index (χ1v) is 8.69. The molecule has 0 heterocycles. The van der Waals surface area contributed by atoms with Crippen LogP contribution < -0.4 is 5.32 Å². The van der Waals surface area contributed by atoms with Crippen molar-refractivity contribution in [3.05, 3.63) is 0 Å². The molecule has 0 saturated heterocycles. The van der Waals surface area contributed by atoms with E-state index in [0.29, 0.717) is 6.04 Å². The molecule has 1 fully saturated rings. The Bertz CT molecular complexity index is 205. The first-order chi connectivity index (χ1) is 8.04. The molecule has 0 aromatic rings. The third kappa shape index (κ3) is 5.21. The highest BCUT2D eigenvalue weighted by Gasteiger charge is 2.30. The Balaban J connectivity index is 2.45. The second-order valence-electron chi connectivity index (χ2n) is 6.28. The molecule has 1 aliphatic rings. The Hall–Kier alpha value is 0.310. The summed E-state index contributed by atoms with van der Waals surface area (Å²) in [7, 11) is 0. The number of hydrogen-bond acceptors (Lipinski definition) is 2. The number of nitrogens with one attached hydrogen (secondary N) is 1. The van der Waals surface area contributed by atoms with Gasteiger partial charge in [-0.1, -0.05) is 27.2 Å². The lowest BCUT2D eigenvalue weighted by Gasteiger charge is -2.39. The largest absolute Gasteiger partial charge is 0.311 e. The second kappa shape index (κ2) is 7.68. The summed E-state index contributed by atoms with van der Waals surface area (Å²) in [5.41, 5.74) is 0. The summed E-state index contributed by atoms with van der Waals surface area (Å²) in [5, 5.41) is 3.90. The highest BCUT2D eigenvalue weighted by molar-refractivity contribution is 7.98. The van der Waals surface area contributed by atoms with Gasteiger partial charge in [0.15, 0.2) is 0 Å². The SMILES string of the molecule is CSCCC(C)NC1CC(C)CCC1C(C)C. The molecule has 2 heteroatoms.